The number of hydrogen-bond donors (Lipinski definition) is 1. The lowest BCUT2D eigenvalue weighted by molar-refractivity contribution is 0.192. The van der Waals surface area contributed by atoms with E-state index in [4.69, 9.17) is 0 Å². The molecule has 4 aromatic rings. The summed E-state index contributed by atoms with van der Waals surface area (Å²) in [4.78, 5) is 2.58. The minimum absolute atomic E-state index is 0.475. The van der Waals surface area contributed by atoms with Crippen molar-refractivity contribution in [3.8, 4) is 0 Å². The number of rotatable bonds is 14. The zero-order chi connectivity index (χ0) is 32.6. The molecule has 1 aliphatic rings. The van der Waals surface area contributed by atoms with Gasteiger partial charge >= 0.3 is 0 Å². The Balaban J connectivity index is 0.000000266. The Morgan fingerprint density at radius 2 is 1.41 bits per heavy atom. The molecule has 0 bridgehead atoms. The lowest BCUT2D eigenvalue weighted by atomic mass is 9.89. The quantitative estimate of drug-likeness (QED) is 0.152. The normalized spacial score (nSPS) is 15.0. The van der Waals surface area contributed by atoms with Crippen LogP contribution in [0.3, 0.4) is 0 Å². The van der Waals surface area contributed by atoms with E-state index in [-0.39, 0.29) is 0 Å². The third-order valence-corrected chi connectivity index (χ3v) is 9.38. The van der Waals surface area contributed by atoms with E-state index in [2.05, 4.69) is 154 Å². The zero-order valence-corrected chi connectivity index (χ0v) is 29.1. The van der Waals surface area contributed by atoms with Crippen LogP contribution in [0, 0.1) is 12.8 Å². The SMILES string of the molecule is C=C(NC1CCCN(Cc2cccc(C)c2)C1)c1cccc(CC(CCC)CCC)c1.CCC(c1ccccc1)c1ccccc1. The molecule has 0 aromatic heterocycles. The van der Waals surface area contributed by atoms with E-state index in [0.717, 1.165) is 31.1 Å². The summed E-state index contributed by atoms with van der Waals surface area (Å²) in [5.74, 6) is 1.34. The first-order valence-electron chi connectivity index (χ1n) is 17.9. The average molecular weight is 615 g/mol. The molecule has 1 saturated heterocycles. The van der Waals surface area contributed by atoms with Crippen molar-refractivity contribution in [2.45, 2.75) is 97.6 Å². The van der Waals surface area contributed by atoms with Crippen LogP contribution >= 0.6 is 0 Å². The molecule has 0 radical (unpaired) electrons. The van der Waals surface area contributed by atoms with Crippen molar-refractivity contribution in [1.82, 2.24) is 10.2 Å². The summed E-state index contributed by atoms with van der Waals surface area (Å²) in [5.41, 5.74) is 9.36. The first kappa shape index (κ1) is 35.2. The van der Waals surface area contributed by atoms with E-state index in [1.165, 1.54) is 84.9 Å². The van der Waals surface area contributed by atoms with Gasteiger partial charge in [0.05, 0.1) is 0 Å². The number of nitrogens with zero attached hydrogens (tertiary/aromatic N) is 1. The molecule has 46 heavy (non-hydrogen) atoms. The molecule has 0 saturated carbocycles. The highest BCUT2D eigenvalue weighted by molar-refractivity contribution is 5.62. The van der Waals surface area contributed by atoms with Crippen LogP contribution in [0.25, 0.3) is 5.70 Å². The largest absolute Gasteiger partial charge is 0.381 e. The van der Waals surface area contributed by atoms with Gasteiger partial charge in [-0.2, -0.15) is 0 Å². The maximum atomic E-state index is 4.40. The van der Waals surface area contributed by atoms with Crippen LogP contribution in [-0.4, -0.2) is 24.0 Å². The van der Waals surface area contributed by atoms with E-state index in [9.17, 15) is 0 Å². The minimum atomic E-state index is 0.475. The Hall–Kier alpha value is -3.62. The molecule has 244 valence electrons. The first-order valence-corrected chi connectivity index (χ1v) is 17.9. The van der Waals surface area contributed by atoms with Crippen molar-refractivity contribution in [1.29, 1.82) is 0 Å². The van der Waals surface area contributed by atoms with Crippen LogP contribution < -0.4 is 5.32 Å². The highest BCUT2D eigenvalue weighted by Gasteiger charge is 2.21. The van der Waals surface area contributed by atoms with Gasteiger partial charge in [-0.3, -0.25) is 4.90 Å². The summed E-state index contributed by atoms with van der Waals surface area (Å²) < 4.78 is 0. The van der Waals surface area contributed by atoms with E-state index in [0.29, 0.717) is 12.0 Å². The summed E-state index contributed by atoms with van der Waals surface area (Å²) in [5, 5.41) is 3.76. The van der Waals surface area contributed by atoms with Crippen LogP contribution in [-0.2, 0) is 13.0 Å². The topological polar surface area (TPSA) is 15.3 Å². The van der Waals surface area contributed by atoms with Gasteiger partial charge in [0.2, 0.25) is 0 Å². The second kappa shape index (κ2) is 19.1. The molecular formula is C44H58N2. The molecule has 1 N–H and O–H groups in total. The van der Waals surface area contributed by atoms with E-state index < -0.39 is 0 Å². The van der Waals surface area contributed by atoms with Crippen LogP contribution in [0.15, 0.2) is 116 Å². The van der Waals surface area contributed by atoms with E-state index >= 15 is 0 Å². The Kier molecular flexibility index (Phi) is 14.7. The van der Waals surface area contributed by atoms with Gasteiger partial charge in [0.25, 0.3) is 0 Å². The Morgan fingerprint density at radius 3 is 2.02 bits per heavy atom. The van der Waals surface area contributed by atoms with Crippen molar-refractivity contribution in [3.63, 3.8) is 0 Å². The first-order chi connectivity index (χ1) is 22.5. The lowest BCUT2D eigenvalue weighted by Crippen LogP contribution is -2.44. The van der Waals surface area contributed by atoms with Gasteiger partial charge in [-0.1, -0.05) is 162 Å². The van der Waals surface area contributed by atoms with Gasteiger partial charge in [-0.25, -0.2) is 0 Å². The maximum absolute atomic E-state index is 4.40. The van der Waals surface area contributed by atoms with Crippen molar-refractivity contribution in [2.24, 2.45) is 5.92 Å². The van der Waals surface area contributed by atoms with Crippen LogP contribution in [0.1, 0.15) is 105 Å². The standard InChI is InChI=1S/C29H42N2.C15H16/c1-5-10-25(11-6-2)19-26-13-8-15-28(20-26)24(4)30-29-16-9-17-31(22-29)21-27-14-7-12-23(3)18-27;1-2-15(13-9-5-3-6-10-13)14-11-7-4-8-12-14/h7-8,12-15,18,20,25,29-30H,4-6,9-11,16-17,19,21-22H2,1-3H3;3-12,15H,2H2,1H3. The van der Waals surface area contributed by atoms with Crippen molar-refractivity contribution >= 4 is 5.70 Å². The molecule has 2 nitrogen and oxygen atoms in total. The fourth-order valence-corrected chi connectivity index (χ4v) is 7.13. The van der Waals surface area contributed by atoms with Crippen LogP contribution in [0.4, 0.5) is 0 Å². The summed E-state index contributed by atoms with van der Waals surface area (Å²) in [6, 6.07) is 39.9. The molecule has 1 fully saturated rings. The second-order valence-electron chi connectivity index (χ2n) is 13.3. The third-order valence-electron chi connectivity index (χ3n) is 9.38. The highest BCUT2D eigenvalue weighted by atomic mass is 15.2. The zero-order valence-electron chi connectivity index (χ0n) is 29.1. The molecule has 2 heteroatoms. The molecule has 0 aliphatic carbocycles. The molecule has 1 atom stereocenters. The molecule has 4 aromatic carbocycles. The van der Waals surface area contributed by atoms with E-state index in [1.54, 1.807) is 0 Å². The van der Waals surface area contributed by atoms with Gasteiger partial charge in [0.15, 0.2) is 0 Å². The number of nitrogens with one attached hydrogen (secondary N) is 1. The molecular weight excluding hydrogens is 556 g/mol. The van der Waals surface area contributed by atoms with Gasteiger partial charge in [0.1, 0.15) is 0 Å². The number of aryl methyl sites for hydroxylation is 1. The van der Waals surface area contributed by atoms with Gasteiger partial charge in [-0.15, -0.1) is 0 Å². The van der Waals surface area contributed by atoms with Crippen LogP contribution in [0.2, 0.25) is 0 Å². The summed E-state index contributed by atoms with van der Waals surface area (Å²) in [6.45, 7) is 16.7. The van der Waals surface area contributed by atoms with Crippen LogP contribution in [0.5, 0.6) is 0 Å². The highest BCUT2D eigenvalue weighted by Crippen LogP contribution is 2.27. The van der Waals surface area contributed by atoms with Gasteiger partial charge < -0.3 is 5.32 Å². The molecule has 1 heterocycles. The smallest absolute Gasteiger partial charge is 0.0389 e. The summed E-state index contributed by atoms with van der Waals surface area (Å²) in [7, 11) is 0. The lowest BCUT2D eigenvalue weighted by Gasteiger charge is -2.34. The number of piperidine rings is 1. The van der Waals surface area contributed by atoms with Gasteiger partial charge in [0, 0.05) is 30.7 Å². The molecule has 1 aliphatic heterocycles. The van der Waals surface area contributed by atoms with Crippen molar-refractivity contribution < 1.29 is 0 Å². The summed E-state index contributed by atoms with van der Waals surface area (Å²) in [6.07, 6.45) is 10.0. The Bertz CT molecular complexity index is 1380. The number of likely N-dealkylation sites (tertiary alicyclic amines) is 1. The fraction of sp³-hybridized carbons (Fsp3) is 0.409. The maximum Gasteiger partial charge on any atom is 0.0389 e. The second-order valence-corrected chi connectivity index (χ2v) is 13.3. The third kappa shape index (κ3) is 11.3. The van der Waals surface area contributed by atoms with Gasteiger partial charge in [-0.05, 0) is 79.0 Å². The number of benzene rings is 4. The Morgan fingerprint density at radius 1 is 0.783 bits per heavy atom. The molecule has 0 amide bonds. The molecule has 0 spiro atoms. The molecule has 5 rings (SSSR count). The number of hydrogen-bond acceptors (Lipinski definition) is 2. The molecule has 1 unspecified atom stereocenters. The van der Waals surface area contributed by atoms with Crippen molar-refractivity contribution in [3.05, 3.63) is 149 Å². The minimum Gasteiger partial charge on any atom is -0.381 e. The summed E-state index contributed by atoms with van der Waals surface area (Å²) >= 11 is 0. The van der Waals surface area contributed by atoms with E-state index in [1.807, 2.05) is 0 Å². The predicted molar refractivity (Wildman–Crippen MR) is 200 cm³/mol. The van der Waals surface area contributed by atoms with Crippen molar-refractivity contribution in [2.75, 3.05) is 13.1 Å². The fourth-order valence-electron chi connectivity index (χ4n) is 7.13. The monoisotopic (exact) mass is 614 g/mol. The predicted octanol–water partition coefficient (Wildman–Crippen LogP) is 11.2. The average Bonchev–Trinajstić information content (AvgIpc) is 3.07. The Labute approximate surface area is 281 Å².